The molecule has 1 aromatic carbocycles. The predicted octanol–water partition coefficient (Wildman–Crippen LogP) is 2.08. The molecule has 4 heteroatoms. The lowest BCUT2D eigenvalue weighted by Crippen LogP contribution is -2.37. The van der Waals surface area contributed by atoms with Crippen LogP contribution in [0.4, 0.5) is 0 Å². The quantitative estimate of drug-likeness (QED) is 0.551. The first kappa shape index (κ1) is 10.6. The highest BCUT2D eigenvalue weighted by Crippen LogP contribution is 2.53. The molecule has 2 aliphatic heterocycles. The van der Waals surface area contributed by atoms with Crippen molar-refractivity contribution in [2.75, 3.05) is 7.11 Å². The van der Waals surface area contributed by atoms with E-state index in [1.54, 1.807) is 18.2 Å². The summed E-state index contributed by atoms with van der Waals surface area (Å²) in [7, 11) is 1.37. The highest BCUT2D eigenvalue weighted by Gasteiger charge is 2.56. The van der Waals surface area contributed by atoms with Crippen LogP contribution in [-0.2, 0) is 9.47 Å². The van der Waals surface area contributed by atoms with Gasteiger partial charge in [0.15, 0.2) is 0 Å². The van der Waals surface area contributed by atoms with Gasteiger partial charge in [-0.1, -0.05) is 0 Å². The summed E-state index contributed by atoms with van der Waals surface area (Å²) >= 11 is 0. The van der Waals surface area contributed by atoms with Gasteiger partial charge in [-0.3, -0.25) is 0 Å². The molecular formula is C13H14O4. The van der Waals surface area contributed by atoms with Crippen LogP contribution >= 0.6 is 0 Å². The molecule has 0 saturated carbocycles. The zero-order chi connectivity index (χ0) is 12.2. The van der Waals surface area contributed by atoms with Crippen LogP contribution in [-0.4, -0.2) is 24.8 Å². The van der Waals surface area contributed by atoms with Gasteiger partial charge in [0, 0.05) is 5.56 Å². The van der Waals surface area contributed by atoms with Gasteiger partial charge in [0.25, 0.3) is 0 Å². The second-order valence-electron chi connectivity index (χ2n) is 4.93. The molecule has 1 saturated heterocycles. The van der Waals surface area contributed by atoms with E-state index in [0.717, 1.165) is 11.3 Å². The summed E-state index contributed by atoms with van der Waals surface area (Å²) in [5, 5.41) is 0. The Labute approximate surface area is 99.5 Å². The Morgan fingerprint density at radius 2 is 2.18 bits per heavy atom. The standard InChI is InChI=1S/C13H14O4/c1-13(2)11-10(16-11)8-6-7(12(14)15-3)4-5-9(8)17-13/h4-6,10-11H,1-3H3/t10-,11-/m1/s1. The minimum Gasteiger partial charge on any atom is -0.485 e. The Bertz CT molecular complexity index is 492. The van der Waals surface area contributed by atoms with Gasteiger partial charge in [0.05, 0.1) is 12.7 Å². The lowest BCUT2D eigenvalue weighted by atomic mass is 9.93. The fourth-order valence-electron chi connectivity index (χ4n) is 2.33. The van der Waals surface area contributed by atoms with Gasteiger partial charge in [0.1, 0.15) is 23.6 Å². The van der Waals surface area contributed by atoms with E-state index >= 15 is 0 Å². The topological polar surface area (TPSA) is 48.1 Å². The molecule has 1 fully saturated rings. The summed E-state index contributed by atoms with van der Waals surface area (Å²) in [4.78, 5) is 11.4. The van der Waals surface area contributed by atoms with Crippen LogP contribution in [0.1, 0.15) is 35.9 Å². The number of esters is 1. The predicted molar refractivity (Wildman–Crippen MR) is 60.1 cm³/mol. The molecule has 0 radical (unpaired) electrons. The Morgan fingerprint density at radius 1 is 1.41 bits per heavy atom. The van der Waals surface area contributed by atoms with E-state index in [1.807, 2.05) is 13.8 Å². The van der Waals surface area contributed by atoms with Gasteiger partial charge >= 0.3 is 5.97 Å². The third-order valence-electron chi connectivity index (χ3n) is 3.29. The van der Waals surface area contributed by atoms with Gasteiger partial charge < -0.3 is 14.2 Å². The van der Waals surface area contributed by atoms with Crippen molar-refractivity contribution in [1.82, 2.24) is 0 Å². The fourth-order valence-corrected chi connectivity index (χ4v) is 2.33. The number of hydrogen-bond donors (Lipinski definition) is 0. The van der Waals surface area contributed by atoms with Gasteiger partial charge in [-0.05, 0) is 32.0 Å². The van der Waals surface area contributed by atoms with Crippen LogP contribution in [0, 0.1) is 0 Å². The lowest BCUT2D eigenvalue weighted by Gasteiger charge is -2.29. The minimum atomic E-state index is -0.338. The highest BCUT2D eigenvalue weighted by molar-refractivity contribution is 5.89. The van der Waals surface area contributed by atoms with Crippen LogP contribution in [0.2, 0.25) is 0 Å². The SMILES string of the molecule is COC(=O)c1ccc2c(c1)[C@H]1O[C@H]1C(C)(C)O2. The molecule has 1 aromatic rings. The summed E-state index contributed by atoms with van der Waals surface area (Å²) in [6.07, 6.45) is 0.140. The van der Waals surface area contributed by atoms with Crippen molar-refractivity contribution in [2.45, 2.75) is 31.7 Å². The number of ether oxygens (including phenoxy) is 3. The zero-order valence-corrected chi connectivity index (χ0v) is 10.0. The van der Waals surface area contributed by atoms with Gasteiger partial charge in [-0.2, -0.15) is 0 Å². The van der Waals surface area contributed by atoms with E-state index in [9.17, 15) is 4.79 Å². The number of fused-ring (bicyclic) bond motifs is 3. The van der Waals surface area contributed by atoms with Crippen LogP contribution in [0.25, 0.3) is 0 Å². The van der Waals surface area contributed by atoms with Crippen molar-refractivity contribution in [3.63, 3.8) is 0 Å². The molecule has 2 heterocycles. The zero-order valence-electron chi connectivity index (χ0n) is 10.0. The van der Waals surface area contributed by atoms with Crippen molar-refractivity contribution < 1.29 is 19.0 Å². The second kappa shape index (κ2) is 3.23. The summed E-state index contributed by atoms with van der Waals surface area (Å²) in [5.74, 6) is 0.455. The first-order chi connectivity index (χ1) is 8.03. The number of epoxide rings is 1. The fraction of sp³-hybridized carbons (Fsp3) is 0.462. The first-order valence-corrected chi connectivity index (χ1v) is 5.59. The molecule has 2 aliphatic rings. The van der Waals surface area contributed by atoms with Crippen molar-refractivity contribution in [3.8, 4) is 5.75 Å². The third-order valence-corrected chi connectivity index (χ3v) is 3.29. The van der Waals surface area contributed by atoms with E-state index in [4.69, 9.17) is 14.2 Å². The smallest absolute Gasteiger partial charge is 0.337 e. The van der Waals surface area contributed by atoms with Crippen LogP contribution in [0.15, 0.2) is 18.2 Å². The monoisotopic (exact) mass is 234 g/mol. The third kappa shape index (κ3) is 1.52. The minimum absolute atomic E-state index is 0.0540. The number of benzene rings is 1. The Morgan fingerprint density at radius 3 is 2.88 bits per heavy atom. The number of carbonyl (C=O) groups excluding carboxylic acids is 1. The molecule has 2 atom stereocenters. The Kier molecular flexibility index (Phi) is 2.01. The molecule has 0 unspecified atom stereocenters. The maximum atomic E-state index is 11.4. The van der Waals surface area contributed by atoms with Crippen LogP contribution in [0.3, 0.4) is 0 Å². The van der Waals surface area contributed by atoms with E-state index < -0.39 is 0 Å². The van der Waals surface area contributed by atoms with Gasteiger partial charge in [0.2, 0.25) is 0 Å². The Balaban J connectivity index is 2.01. The summed E-state index contributed by atoms with van der Waals surface area (Å²) in [5.41, 5.74) is 1.17. The second-order valence-corrected chi connectivity index (χ2v) is 4.93. The number of methoxy groups -OCH3 is 1. The number of carbonyl (C=O) groups is 1. The van der Waals surface area contributed by atoms with Gasteiger partial charge in [-0.25, -0.2) is 4.79 Å². The van der Waals surface area contributed by atoms with E-state index in [1.165, 1.54) is 7.11 Å². The molecule has 0 amide bonds. The maximum Gasteiger partial charge on any atom is 0.337 e. The van der Waals surface area contributed by atoms with E-state index in [2.05, 4.69) is 0 Å². The van der Waals surface area contributed by atoms with Crippen molar-refractivity contribution in [1.29, 1.82) is 0 Å². The summed E-state index contributed by atoms with van der Waals surface area (Å²) < 4.78 is 16.2. The van der Waals surface area contributed by atoms with Crippen molar-refractivity contribution in [2.24, 2.45) is 0 Å². The molecule has 90 valence electrons. The summed E-state index contributed by atoms with van der Waals surface area (Å²) in [6, 6.07) is 5.31. The average molecular weight is 234 g/mol. The van der Waals surface area contributed by atoms with Crippen molar-refractivity contribution in [3.05, 3.63) is 29.3 Å². The largest absolute Gasteiger partial charge is 0.485 e. The van der Waals surface area contributed by atoms with Crippen molar-refractivity contribution >= 4 is 5.97 Å². The molecule has 0 aliphatic carbocycles. The molecule has 0 spiro atoms. The molecule has 3 rings (SSSR count). The Hall–Kier alpha value is -1.55. The average Bonchev–Trinajstić information content (AvgIpc) is 3.08. The molecular weight excluding hydrogens is 220 g/mol. The molecule has 17 heavy (non-hydrogen) atoms. The normalized spacial score (nSPS) is 27.5. The first-order valence-electron chi connectivity index (χ1n) is 5.59. The molecule has 0 aromatic heterocycles. The summed E-state index contributed by atoms with van der Waals surface area (Å²) in [6.45, 7) is 4.02. The lowest BCUT2D eigenvalue weighted by molar-refractivity contribution is 0.0599. The van der Waals surface area contributed by atoms with Crippen LogP contribution in [0.5, 0.6) is 5.75 Å². The molecule has 0 N–H and O–H groups in total. The maximum absolute atomic E-state index is 11.4. The molecule has 4 nitrogen and oxygen atoms in total. The van der Waals surface area contributed by atoms with Gasteiger partial charge in [-0.15, -0.1) is 0 Å². The molecule has 0 bridgehead atoms. The van der Waals surface area contributed by atoms with E-state index in [-0.39, 0.29) is 23.8 Å². The number of hydrogen-bond acceptors (Lipinski definition) is 4. The van der Waals surface area contributed by atoms with Crippen LogP contribution < -0.4 is 4.74 Å². The van der Waals surface area contributed by atoms with E-state index in [0.29, 0.717) is 5.56 Å². The highest BCUT2D eigenvalue weighted by atomic mass is 16.6. The number of rotatable bonds is 1.